The predicted octanol–water partition coefficient (Wildman–Crippen LogP) is 5.30. The Hall–Kier alpha value is -1.82. The third kappa shape index (κ3) is 5.88. The summed E-state index contributed by atoms with van der Waals surface area (Å²) in [7, 11) is 0. The first-order valence-corrected chi connectivity index (χ1v) is 8.89. The van der Waals surface area contributed by atoms with Gasteiger partial charge in [-0.3, -0.25) is 10.1 Å². The van der Waals surface area contributed by atoms with Crippen molar-refractivity contribution in [2.24, 2.45) is 0 Å². The van der Waals surface area contributed by atoms with Crippen LogP contribution >= 0.6 is 35.4 Å². The van der Waals surface area contributed by atoms with Crippen molar-refractivity contribution in [1.82, 2.24) is 5.32 Å². The number of rotatable bonds is 5. The summed E-state index contributed by atoms with van der Waals surface area (Å²) in [6.07, 6.45) is 1.03. The van der Waals surface area contributed by atoms with Crippen molar-refractivity contribution in [2.45, 2.75) is 26.4 Å². The Bertz CT molecular complexity index is 783. The molecule has 25 heavy (non-hydrogen) atoms. The van der Waals surface area contributed by atoms with Crippen LogP contribution in [0.25, 0.3) is 0 Å². The standard InChI is InChI=1S/C18H18Cl2N2O2S/c1-3-11(2)24-14-6-4-5-13(10-14)21-18(25)22-17(23)15-8-7-12(19)9-16(15)20/h4-11H,3H2,1-2H3,(H2,21,22,23,25). The maximum atomic E-state index is 12.2. The third-order valence-electron chi connectivity index (χ3n) is 3.41. The lowest BCUT2D eigenvalue weighted by atomic mass is 10.2. The number of amides is 1. The monoisotopic (exact) mass is 396 g/mol. The van der Waals surface area contributed by atoms with E-state index in [1.165, 1.54) is 6.07 Å². The van der Waals surface area contributed by atoms with Crippen molar-refractivity contribution in [1.29, 1.82) is 0 Å². The van der Waals surface area contributed by atoms with E-state index in [0.29, 0.717) is 16.3 Å². The number of benzene rings is 2. The third-order valence-corrected chi connectivity index (χ3v) is 4.16. The van der Waals surface area contributed by atoms with Gasteiger partial charge in [-0.1, -0.05) is 36.2 Å². The zero-order chi connectivity index (χ0) is 18.4. The summed E-state index contributed by atoms with van der Waals surface area (Å²) in [5.41, 5.74) is 1.01. The van der Waals surface area contributed by atoms with Crippen LogP contribution in [0.15, 0.2) is 42.5 Å². The van der Waals surface area contributed by atoms with E-state index in [1.807, 2.05) is 31.2 Å². The van der Waals surface area contributed by atoms with Crippen LogP contribution in [0.3, 0.4) is 0 Å². The van der Waals surface area contributed by atoms with Crippen LogP contribution in [0.2, 0.25) is 10.0 Å². The molecule has 7 heteroatoms. The van der Waals surface area contributed by atoms with Crippen LogP contribution in [-0.2, 0) is 0 Å². The van der Waals surface area contributed by atoms with Crippen LogP contribution in [0.5, 0.6) is 5.75 Å². The van der Waals surface area contributed by atoms with Gasteiger partial charge in [0.2, 0.25) is 0 Å². The molecule has 0 radical (unpaired) electrons. The van der Waals surface area contributed by atoms with E-state index in [0.717, 1.165) is 12.2 Å². The number of nitrogens with one attached hydrogen (secondary N) is 2. The van der Waals surface area contributed by atoms with Crippen LogP contribution in [0.4, 0.5) is 5.69 Å². The van der Waals surface area contributed by atoms with Crippen LogP contribution in [0.1, 0.15) is 30.6 Å². The Morgan fingerprint density at radius 1 is 1.24 bits per heavy atom. The molecule has 0 heterocycles. The molecule has 0 aliphatic carbocycles. The van der Waals surface area contributed by atoms with Gasteiger partial charge in [0, 0.05) is 16.8 Å². The van der Waals surface area contributed by atoms with Crippen molar-refractivity contribution in [3.63, 3.8) is 0 Å². The molecule has 1 amide bonds. The van der Waals surface area contributed by atoms with Gasteiger partial charge in [-0.2, -0.15) is 0 Å². The molecule has 132 valence electrons. The molecule has 0 saturated carbocycles. The first kappa shape index (κ1) is 19.5. The minimum absolute atomic E-state index is 0.119. The molecule has 0 aliphatic rings. The van der Waals surface area contributed by atoms with Gasteiger partial charge in [0.15, 0.2) is 5.11 Å². The number of ether oxygens (including phenoxy) is 1. The van der Waals surface area contributed by atoms with Gasteiger partial charge in [-0.05, 0) is 55.9 Å². The summed E-state index contributed by atoms with van der Waals surface area (Å²) in [5.74, 6) is 0.320. The molecule has 2 N–H and O–H groups in total. The molecule has 0 saturated heterocycles. The summed E-state index contributed by atoms with van der Waals surface area (Å²) in [6.45, 7) is 4.06. The highest BCUT2D eigenvalue weighted by molar-refractivity contribution is 7.80. The van der Waals surface area contributed by atoms with Gasteiger partial charge in [-0.15, -0.1) is 0 Å². The van der Waals surface area contributed by atoms with E-state index in [9.17, 15) is 4.79 Å². The molecule has 1 unspecified atom stereocenters. The fraction of sp³-hybridized carbons (Fsp3) is 0.222. The maximum absolute atomic E-state index is 12.2. The van der Waals surface area contributed by atoms with Crippen molar-refractivity contribution in [3.05, 3.63) is 58.1 Å². The number of hydrogen-bond acceptors (Lipinski definition) is 3. The van der Waals surface area contributed by atoms with E-state index in [4.69, 9.17) is 40.2 Å². The zero-order valence-corrected chi connectivity index (χ0v) is 16.1. The summed E-state index contributed by atoms with van der Waals surface area (Å²) in [6, 6.07) is 12.0. The molecule has 2 aromatic carbocycles. The summed E-state index contributed by atoms with van der Waals surface area (Å²) < 4.78 is 5.76. The second-order valence-electron chi connectivity index (χ2n) is 5.40. The van der Waals surface area contributed by atoms with Crippen molar-refractivity contribution in [2.75, 3.05) is 5.32 Å². The highest BCUT2D eigenvalue weighted by atomic mass is 35.5. The SMILES string of the molecule is CCC(C)Oc1cccc(NC(=S)NC(=O)c2ccc(Cl)cc2Cl)c1. The molecule has 2 rings (SSSR count). The Morgan fingerprint density at radius 2 is 2.00 bits per heavy atom. The molecule has 4 nitrogen and oxygen atoms in total. The van der Waals surface area contributed by atoms with E-state index >= 15 is 0 Å². The second kappa shape index (κ2) is 9.04. The Labute approximate surface area is 162 Å². The second-order valence-corrected chi connectivity index (χ2v) is 6.65. The highest BCUT2D eigenvalue weighted by Crippen LogP contribution is 2.21. The normalized spacial score (nSPS) is 11.5. The molecular formula is C18H18Cl2N2O2S. The summed E-state index contributed by atoms with van der Waals surface area (Å²) in [5, 5.41) is 6.43. The Morgan fingerprint density at radius 3 is 2.68 bits per heavy atom. The number of carbonyl (C=O) groups excluding carboxylic acids is 1. The van der Waals surface area contributed by atoms with Gasteiger partial charge >= 0.3 is 0 Å². The van der Waals surface area contributed by atoms with Gasteiger partial charge in [-0.25, -0.2) is 0 Å². The smallest absolute Gasteiger partial charge is 0.258 e. The average molecular weight is 397 g/mol. The Balaban J connectivity index is 2.00. The minimum atomic E-state index is -0.411. The highest BCUT2D eigenvalue weighted by Gasteiger charge is 2.12. The largest absolute Gasteiger partial charge is 0.491 e. The van der Waals surface area contributed by atoms with E-state index in [1.54, 1.807) is 12.1 Å². The van der Waals surface area contributed by atoms with Gasteiger partial charge in [0.25, 0.3) is 5.91 Å². The molecule has 0 bridgehead atoms. The van der Waals surface area contributed by atoms with E-state index < -0.39 is 5.91 Å². The quantitative estimate of drug-likeness (QED) is 0.673. The fourth-order valence-electron chi connectivity index (χ4n) is 1.97. The average Bonchev–Trinajstić information content (AvgIpc) is 2.54. The van der Waals surface area contributed by atoms with Crippen molar-refractivity contribution < 1.29 is 9.53 Å². The van der Waals surface area contributed by atoms with Crippen LogP contribution in [-0.4, -0.2) is 17.1 Å². The number of halogens is 2. The van der Waals surface area contributed by atoms with Crippen LogP contribution in [0, 0.1) is 0 Å². The van der Waals surface area contributed by atoms with Gasteiger partial charge in [0.05, 0.1) is 16.7 Å². The van der Waals surface area contributed by atoms with Crippen LogP contribution < -0.4 is 15.4 Å². The molecule has 2 aromatic rings. The lowest BCUT2D eigenvalue weighted by Gasteiger charge is -2.14. The number of carbonyl (C=O) groups is 1. The lowest BCUT2D eigenvalue weighted by molar-refractivity contribution is 0.0978. The molecule has 1 atom stereocenters. The minimum Gasteiger partial charge on any atom is -0.491 e. The van der Waals surface area contributed by atoms with E-state index in [2.05, 4.69) is 17.6 Å². The molecule has 0 spiro atoms. The van der Waals surface area contributed by atoms with Gasteiger partial charge in [0.1, 0.15) is 5.75 Å². The predicted molar refractivity (Wildman–Crippen MR) is 107 cm³/mol. The first-order chi connectivity index (χ1) is 11.9. The number of thiocarbonyl (C=S) groups is 1. The Kier molecular flexibility index (Phi) is 7.05. The molecule has 0 aliphatic heterocycles. The number of anilines is 1. The maximum Gasteiger partial charge on any atom is 0.258 e. The van der Waals surface area contributed by atoms with Crippen molar-refractivity contribution >= 4 is 52.1 Å². The molecular weight excluding hydrogens is 379 g/mol. The summed E-state index contributed by atoms with van der Waals surface area (Å²) >= 11 is 17.0. The fourth-order valence-corrected chi connectivity index (χ4v) is 2.67. The lowest BCUT2D eigenvalue weighted by Crippen LogP contribution is -2.34. The van der Waals surface area contributed by atoms with Gasteiger partial charge < -0.3 is 10.1 Å². The van der Waals surface area contributed by atoms with E-state index in [-0.39, 0.29) is 16.2 Å². The first-order valence-electron chi connectivity index (χ1n) is 7.73. The molecule has 0 aromatic heterocycles. The number of hydrogen-bond donors (Lipinski definition) is 2. The van der Waals surface area contributed by atoms with Crippen molar-refractivity contribution in [3.8, 4) is 5.75 Å². The zero-order valence-electron chi connectivity index (χ0n) is 13.8. The summed E-state index contributed by atoms with van der Waals surface area (Å²) in [4.78, 5) is 12.2. The topological polar surface area (TPSA) is 50.4 Å². The molecule has 0 fully saturated rings.